The van der Waals surface area contributed by atoms with E-state index in [4.69, 9.17) is 4.74 Å². The molecule has 0 saturated carbocycles. The highest BCUT2D eigenvalue weighted by atomic mass is 16.5. The van der Waals surface area contributed by atoms with E-state index in [1.165, 1.54) is 6.92 Å². The summed E-state index contributed by atoms with van der Waals surface area (Å²) in [5, 5.41) is 2.98. The van der Waals surface area contributed by atoms with Crippen molar-refractivity contribution < 1.29 is 14.3 Å². The standard InChI is InChI=1S/C19H26N2O3/c1-5-17(15-8-10-16(11-9-15)24-13(2)3)20-19(23)18-7-6-12-21(18)14(4)22/h5,8-11,13,17-18H,1,6-7,12H2,2-4H3,(H,20,23)/t17?,18-/m1/s1. The number of carbonyl (C=O) groups excluding carboxylic acids is 2. The molecule has 2 amide bonds. The van der Waals surface area contributed by atoms with Gasteiger partial charge in [0.05, 0.1) is 12.1 Å². The summed E-state index contributed by atoms with van der Waals surface area (Å²) in [6.07, 6.45) is 3.38. The Labute approximate surface area is 143 Å². The maximum absolute atomic E-state index is 12.5. The summed E-state index contributed by atoms with van der Waals surface area (Å²) in [5.41, 5.74) is 0.932. The van der Waals surface area contributed by atoms with E-state index in [-0.39, 0.29) is 30.0 Å². The Hall–Kier alpha value is -2.30. The number of ether oxygens (including phenoxy) is 1. The summed E-state index contributed by atoms with van der Waals surface area (Å²) in [6.45, 7) is 9.92. The van der Waals surface area contributed by atoms with Crippen LogP contribution < -0.4 is 10.1 Å². The third kappa shape index (κ3) is 4.37. The number of nitrogens with one attached hydrogen (secondary N) is 1. The van der Waals surface area contributed by atoms with Gasteiger partial charge in [-0.1, -0.05) is 18.2 Å². The Kier molecular flexibility index (Phi) is 6.01. The zero-order valence-corrected chi connectivity index (χ0v) is 14.6. The Balaban J connectivity index is 2.04. The Morgan fingerprint density at radius 2 is 2.00 bits per heavy atom. The van der Waals surface area contributed by atoms with Crippen LogP contribution in [0.4, 0.5) is 0 Å². The molecule has 1 aliphatic heterocycles. The van der Waals surface area contributed by atoms with Gasteiger partial charge in [-0.05, 0) is 44.4 Å². The van der Waals surface area contributed by atoms with Crippen LogP contribution in [0.2, 0.25) is 0 Å². The number of likely N-dealkylation sites (tertiary alicyclic amines) is 1. The molecule has 1 unspecified atom stereocenters. The Morgan fingerprint density at radius 3 is 2.54 bits per heavy atom. The fraction of sp³-hybridized carbons (Fsp3) is 0.474. The average molecular weight is 330 g/mol. The molecule has 5 heteroatoms. The molecule has 130 valence electrons. The Morgan fingerprint density at radius 1 is 1.33 bits per heavy atom. The molecule has 24 heavy (non-hydrogen) atoms. The summed E-state index contributed by atoms with van der Waals surface area (Å²) in [5.74, 6) is 0.606. The van der Waals surface area contributed by atoms with Crippen molar-refractivity contribution in [3.8, 4) is 5.75 Å². The van der Waals surface area contributed by atoms with Crippen molar-refractivity contribution in [1.29, 1.82) is 0 Å². The number of nitrogens with zero attached hydrogens (tertiary/aromatic N) is 1. The summed E-state index contributed by atoms with van der Waals surface area (Å²) in [6, 6.07) is 6.93. The summed E-state index contributed by atoms with van der Waals surface area (Å²) in [4.78, 5) is 25.8. The van der Waals surface area contributed by atoms with Gasteiger partial charge in [0.25, 0.3) is 0 Å². The van der Waals surface area contributed by atoms with E-state index < -0.39 is 0 Å². The quantitative estimate of drug-likeness (QED) is 0.816. The van der Waals surface area contributed by atoms with Gasteiger partial charge in [0.1, 0.15) is 11.8 Å². The zero-order valence-electron chi connectivity index (χ0n) is 14.6. The monoisotopic (exact) mass is 330 g/mol. The van der Waals surface area contributed by atoms with E-state index >= 15 is 0 Å². The molecule has 0 radical (unpaired) electrons. The summed E-state index contributed by atoms with van der Waals surface area (Å²) < 4.78 is 5.63. The highest BCUT2D eigenvalue weighted by Crippen LogP contribution is 2.22. The van der Waals surface area contributed by atoms with Crippen LogP contribution in [0.5, 0.6) is 5.75 Å². The van der Waals surface area contributed by atoms with Crippen LogP contribution in [-0.4, -0.2) is 35.4 Å². The topological polar surface area (TPSA) is 58.6 Å². The van der Waals surface area contributed by atoms with Crippen molar-refractivity contribution in [3.63, 3.8) is 0 Å². The van der Waals surface area contributed by atoms with Crippen molar-refractivity contribution in [2.24, 2.45) is 0 Å². The minimum absolute atomic E-state index is 0.0574. The third-order valence-electron chi connectivity index (χ3n) is 4.10. The molecule has 0 spiro atoms. The molecule has 1 saturated heterocycles. The molecule has 0 aromatic heterocycles. The van der Waals surface area contributed by atoms with E-state index in [9.17, 15) is 9.59 Å². The molecular weight excluding hydrogens is 304 g/mol. The number of benzene rings is 1. The second-order valence-corrected chi connectivity index (χ2v) is 6.33. The summed E-state index contributed by atoms with van der Waals surface area (Å²) >= 11 is 0. The number of hydrogen-bond acceptors (Lipinski definition) is 3. The van der Waals surface area contributed by atoms with Crippen LogP contribution in [-0.2, 0) is 9.59 Å². The number of hydrogen-bond donors (Lipinski definition) is 1. The summed E-state index contributed by atoms with van der Waals surface area (Å²) in [7, 11) is 0. The molecule has 2 rings (SSSR count). The fourth-order valence-corrected chi connectivity index (χ4v) is 2.97. The first-order valence-corrected chi connectivity index (χ1v) is 8.39. The van der Waals surface area contributed by atoms with Gasteiger partial charge in [-0.2, -0.15) is 0 Å². The van der Waals surface area contributed by atoms with Gasteiger partial charge in [0, 0.05) is 13.5 Å². The lowest BCUT2D eigenvalue weighted by atomic mass is 10.1. The minimum Gasteiger partial charge on any atom is -0.491 e. The maximum atomic E-state index is 12.5. The van der Waals surface area contributed by atoms with E-state index in [1.807, 2.05) is 38.1 Å². The van der Waals surface area contributed by atoms with E-state index in [1.54, 1.807) is 11.0 Å². The Bertz CT molecular complexity index is 595. The van der Waals surface area contributed by atoms with Crippen molar-refractivity contribution in [2.45, 2.75) is 51.8 Å². The largest absolute Gasteiger partial charge is 0.491 e. The molecule has 0 bridgehead atoms. The minimum atomic E-state index is -0.381. The number of amides is 2. The zero-order chi connectivity index (χ0) is 17.7. The lowest BCUT2D eigenvalue weighted by Crippen LogP contribution is -2.45. The van der Waals surface area contributed by atoms with Gasteiger partial charge in [-0.3, -0.25) is 9.59 Å². The van der Waals surface area contributed by atoms with Crippen molar-refractivity contribution in [2.75, 3.05) is 6.54 Å². The maximum Gasteiger partial charge on any atom is 0.243 e. The number of carbonyl (C=O) groups is 2. The van der Waals surface area contributed by atoms with Gasteiger partial charge < -0.3 is 15.0 Å². The van der Waals surface area contributed by atoms with Crippen LogP contribution in [0.1, 0.15) is 45.2 Å². The molecule has 2 atom stereocenters. The third-order valence-corrected chi connectivity index (χ3v) is 4.10. The highest BCUT2D eigenvalue weighted by molar-refractivity contribution is 5.87. The van der Waals surface area contributed by atoms with Gasteiger partial charge in [0.2, 0.25) is 11.8 Å². The molecule has 1 aliphatic rings. The van der Waals surface area contributed by atoms with Crippen LogP contribution in [0, 0.1) is 0 Å². The van der Waals surface area contributed by atoms with Crippen LogP contribution in [0.3, 0.4) is 0 Å². The SMILES string of the molecule is C=CC(NC(=O)[C@H]1CCCN1C(C)=O)c1ccc(OC(C)C)cc1. The predicted molar refractivity (Wildman–Crippen MR) is 93.7 cm³/mol. The van der Waals surface area contributed by atoms with Gasteiger partial charge in [0.15, 0.2) is 0 Å². The molecule has 1 fully saturated rings. The molecule has 1 aromatic rings. The second kappa shape index (κ2) is 7.99. The van der Waals surface area contributed by atoms with Crippen LogP contribution >= 0.6 is 0 Å². The second-order valence-electron chi connectivity index (χ2n) is 6.33. The van der Waals surface area contributed by atoms with Gasteiger partial charge in [-0.15, -0.1) is 6.58 Å². The van der Waals surface area contributed by atoms with Crippen LogP contribution in [0.25, 0.3) is 0 Å². The molecule has 0 aliphatic carbocycles. The molecule has 5 nitrogen and oxygen atoms in total. The van der Waals surface area contributed by atoms with E-state index in [0.29, 0.717) is 13.0 Å². The van der Waals surface area contributed by atoms with Crippen LogP contribution in [0.15, 0.2) is 36.9 Å². The van der Waals surface area contributed by atoms with Crippen molar-refractivity contribution in [3.05, 3.63) is 42.5 Å². The normalized spacial score (nSPS) is 18.3. The first-order chi connectivity index (χ1) is 11.4. The molecule has 1 N–H and O–H groups in total. The van der Waals surface area contributed by atoms with E-state index in [0.717, 1.165) is 17.7 Å². The first kappa shape index (κ1) is 18.0. The predicted octanol–water partition coefficient (Wildman–Crippen LogP) is 2.83. The fourth-order valence-electron chi connectivity index (χ4n) is 2.97. The van der Waals surface area contributed by atoms with E-state index in [2.05, 4.69) is 11.9 Å². The van der Waals surface area contributed by atoms with Gasteiger partial charge >= 0.3 is 0 Å². The number of rotatable bonds is 6. The highest BCUT2D eigenvalue weighted by Gasteiger charge is 2.33. The van der Waals surface area contributed by atoms with Crippen molar-refractivity contribution in [1.82, 2.24) is 10.2 Å². The van der Waals surface area contributed by atoms with Gasteiger partial charge in [-0.25, -0.2) is 0 Å². The lowest BCUT2D eigenvalue weighted by Gasteiger charge is -2.25. The average Bonchev–Trinajstić information content (AvgIpc) is 3.02. The van der Waals surface area contributed by atoms with Crippen molar-refractivity contribution >= 4 is 11.8 Å². The lowest BCUT2D eigenvalue weighted by molar-refractivity contribution is -0.137. The molecule has 1 heterocycles. The molecule has 1 aromatic carbocycles. The molecular formula is C19H26N2O3. The first-order valence-electron chi connectivity index (χ1n) is 8.39. The smallest absolute Gasteiger partial charge is 0.243 e.